The number of carboxylic acid groups (broad SMARTS) is 2. The van der Waals surface area contributed by atoms with Gasteiger partial charge in [0.25, 0.3) is 0 Å². The lowest BCUT2D eigenvalue weighted by Gasteiger charge is -2.00. The Kier molecular flexibility index (Phi) is 9.63. The van der Waals surface area contributed by atoms with Crippen molar-refractivity contribution in [1.82, 2.24) is 0 Å². The Morgan fingerprint density at radius 2 is 1.53 bits per heavy atom. The fourth-order valence-electron chi connectivity index (χ4n) is 0.606. The number of aliphatic carboxylic acids is 2. The number of carbonyl (C=O) groups excluding carboxylic acids is 1. The molecule has 0 amide bonds. The van der Waals surface area contributed by atoms with Crippen LogP contribution in [0.5, 0.6) is 0 Å². The van der Waals surface area contributed by atoms with E-state index in [1.54, 1.807) is 6.92 Å². The van der Waals surface area contributed by atoms with Gasteiger partial charge < -0.3 is 14.9 Å². The van der Waals surface area contributed by atoms with Crippen molar-refractivity contribution in [2.24, 2.45) is 0 Å². The van der Waals surface area contributed by atoms with Gasteiger partial charge in [0.15, 0.2) is 0 Å². The Morgan fingerprint density at radius 1 is 1.11 bits per heavy atom. The Bertz CT molecular complexity index is 405. The van der Waals surface area contributed by atoms with E-state index in [1.165, 1.54) is 19.9 Å². The topological polar surface area (TPSA) is 101 Å². The zero-order chi connectivity index (χ0) is 15.6. The van der Waals surface area contributed by atoms with Gasteiger partial charge in [-0.15, -0.1) is 0 Å². The van der Waals surface area contributed by atoms with Gasteiger partial charge in [-0.1, -0.05) is 13.2 Å². The van der Waals surface area contributed by atoms with Crippen LogP contribution in [0.3, 0.4) is 0 Å². The largest absolute Gasteiger partial charge is 0.478 e. The first-order valence-corrected chi connectivity index (χ1v) is 5.29. The van der Waals surface area contributed by atoms with Gasteiger partial charge in [-0.25, -0.2) is 14.4 Å². The number of rotatable bonds is 5. The molecule has 6 nitrogen and oxygen atoms in total. The number of carbonyl (C=O) groups is 3. The van der Waals surface area contributed by atoms with E-state index in [2.05, 4.69) is 17.9 Å². The van der Waals surface area contributed by atoms with Gasteiger partial charge in [-0.3, -0.25) is 0 Å². The van der Waals surface area contributed by atoms with Crippen molar-refractivity contribution in [2.75, 3.05) is 6.61 Å². The highest BCUT2D eigenvalue weighted by atomic mass is 16.5. The summed E-state index contributed by atoms with van der Waals surface area (Å²) < 4.78 is 4.61. The number of hydrogen-bond acceptors (Lipinski definition) is 4. The monoisotopic (exact) mass is 270 g/mol. The van der Waals surface area contributed by atoms with Crippen LogP contribution in [-0.4, -0.2) is 34.7 Å². The molecule has 0 radical (unpaired) electrons. The zero-order valence-corrected chi connectivity index (χ0v) is 11.2. The minimum Gasteiger partial charge on any atom is -0.478 e. The molecule has 0 heterocycles. The summed E-state index contributed by atoms with van der Waals surface area (Å²) in [6.45, 7) is 11.3. The molecule has 0 saturated carbocycles. The number of carboxylic acids is 2. The molecule has 0 aliphatic heterocycles. The summed E-state index contributed by atoms with van der Waals surface area (Å²) in [6, 6.07) is 0. The van der Waals surface area contributed by atoms with Crippen molar-refractivity contribution in [1.29, 1.82) is 0 Å². The molecule has 0 fully saturated rings. The Hall–Kier alpha value is -2.37. The summed E-state index contributed by atoms with van der Waals surface area (Å²) in [4.78, 5) is 30.9. The van der Waals surface area contributed by atoms with E-state index in [0.29, 0.717) is 0 Å². The highest BCUT2D eigenvalue weighted by molar-refractivity contribution is 5.94. The Balaban J connectivity index is 0. The second kappa shape index (κ2) is 9.64. The van der Waals surface area contributed by atoms with Crippen molar-refractivity contribution in [2.45, 2.75) is 20.8 Å². The highest BCUT2D eigenvalue weighted by Gasteiger charge is 2.07. The minimum absolute atomic E-state index is 0.0433. The molecule has 0 unspecified atom stereocenters. The average Bonchev–Trinajstić information content (AvgIpc) is 2.29. The lowest BCUT2D eigenvalue weighted by atomic mass is 10.2. The van der Waals surface area contributed by atoms with Crippen molar-refractivity contribution in [3.05, 3.63) is 36.0 Å². The van der Waals surface area contributed by atoms with E-state index in [-0.39, 0.29) is 23.3 Å². The van der Waals surface area contributed by atoms with E-state index in [0.717, 1.165) is 0 Å². The van der Waals surface area contributed by atoms with Crippen LogP contribution in [0.4, 0.5) is 0 Å². The van der Waals surface area contributed by atoms with E-state index >= 15 is 0 Å². The zero-order valence-electron chi connectivity index (χ0n) is 11.2. The van der Waals surface area contributed by atoms with Crippen LogP contribution in [0.2, 0.25) is 0 Å². The maximum absolute atomic E-state index is 10.9. The lowest BCUT2D eigenvalue weighted by molar-refractivity contribution is -0.138. The maximum Gasteiger partial charge on any atom is 0.337 e. The van der Waals surface area contributed by atoms with Gasteiger partial charge in [0.2, 0.25) is 0 Å². The van der Waals surface area contributed by atoms with Crippen LogP contribution in [0.1, 0.15) is 20.8 Å². The normalized spacial score (nSPS) is 9.74. The predicted octanol–water partition coefficient (Wildman–Crippen LogP) is 1.78. The standard InChI is InChI=1S/C9H12O4.C4H6O2/c1-4-13-9(12)7(3)5-6(2)8(10)11;1-3(2)4(5)6/h5H,3-4H2,1-2H3,(H,10,11);1H2,2H3,(H,5,6). The first kappa shape index (κ1) is 19.0. The number of esters is 1. The first-order valence-electron chi connectivity index (χ1n) is 5.29. The number of hydrogen-bond donors (Lipinski definition) is 2. The van der Waals surface area contributed by atoms with Crippen molar-refractivity contribution < 1.29 is 29.3 Å². The van der Waals surface area contributed by atoms with Gasteiger partial charge in [0.05, 0.1) is 12.2 Å². The molecule has 0 bridgehead atoms. The smallest absolute Gasteiger partial charge is 0.337 e. The first-order chi connectivity index (χ1) is 8.63. The van der Waals surface area contributed by atoms with E-state index < -0.39 is 17.9 Å². The van der Waals surface area contributed by atoms with Crippen molar-refractivity contribution in [3.8, 4) is 0 Å². The van der Waals surface area contributed by atoms with Crippen molar-refractivity contribution >= 4 is 17.9 Å². The van der Waals surface area contributed by atoms with Crippen LogP contribution < -0.4 is 0 Å². The molecule has 0 spiro atoms. The number of ether oxygens (including phenoxy) is 1. The van der Waals surface area contributed by atoms with E-state index in [9.17, 15) is 14.4 Å². The second-order valence-corrected chi connectivity index (χ2v) is 3.46. The minimum atomic E-state index is -1.08. The third-order valence-corrected chi connectivity index (χ3v) is 1.63. The molecule has 0 aromatic carbocycles. The average molecular weight is 270 g/mol. The van der Waals surface area contributed by atoms with Gasteiger partial charge in [0.1, 0.15) is 0 Å². The molecule has 0 saturated heterocycles. The summed E-state index contributed by atoms with van der Waals surface area (Å²) >= 11 is 0. The molecule has 0 aromatic heterocycles. The second-order valence-electron chi connectivity index (χ2n) is 3.46. The molecule has 6 heteroatoms. The van der Waals surface area contributed by atoms with Crippen LogP contribution in [0.15, 0.2) is 36.0 Å². The molecule has 0 aliphatic rings. The third kappa shape index (κ3) is 10.5. The molecular weight excluding hydrogens is 252 g/mol. The Morgan fingerprint density at radius 3 is 1.79 bits per heavy atom. The SMILES string of the molecule is C=C(C)C(=O)O.C=C(C=C(C)C(=O)O)C(=O)OCC. The van der Waals surface area contributed by atoms with Crippen LogP contribution in [0.25, 0.3) is 0 Å². The van der Waals surface area contributed by atoms with Crippen LogP contribution in [0, 0.1) is 0 Å². The van der Waals surface area contributed by atoms with E-state index in [4.69, 9.17) is 10.2 Å². The maximum atomic E-state index is 10.9. The molecule has 2 N–H and O–H groups in total. The Labute approximate surface area is 111 Å². The summed E-state index contributed by atoms with van der Waals surface area (Å²) in [5.41, 5.74) is 0.273. The summed E-state index contributed by atoms with van der Waals surface area (Å²) in [6.07, 6.45) is 1.18. The van der Waals surface area contributed by atoms with Gasteiger partial charge in [-0.2, -0.15) is 0 Å². The van der Waals surface area contributed by atoms with Gasteiger partial charge in [0, 0.05) is 11.1 Å². The molecule has 0 atom stereocenters. The third-order valence-electron chi connectivity index (χ3n) is 1.63. The van der Waals surface area contributed by atoms with E-state index in [1.807, 2.05) is 0 Å². The molecule has 0 aromatic rings. The molecule has 0 rings (SSSR count). The molecule has 106 valence electrons. The summed E-state index contributed by atoms with van der Waals surface area (Å²) in [5.74, 6) is -2.61. The quantitative estimate of drug-likeness (QED) is 0.448. The molecular formula is C13H18O6. The fraction of sp³-hybridized carbons (Fsp3) is 0.308. The van der Waals surface area contributed by atoms with Crippen molar-refractivity contribution in [3.63, 3.8) is 0 Å². The predicted molar refractivity (Wildman–Crippen MR) is 69.6 cm³/mol. The summed E-state index contributed by atoms with van der Waals surface area (Å²) in [5, 5.41) is 16.4. The lowest BCUT2D eigenvalue weighted by Crippen LogP contribution is -2.06. The van der Waals surface area contributed by atoms with Crippen LogP contribution in [-0.2, 0) is 19.1 Å². The van der Waals surface area contributed by atoms with Gasteiger partial charge in [-0.05, 0) is 26.8 Å². The van der Waals surface area contributed by atoms with Crippen LogP contribution >= 0.6 is 0 Å². The van der Waals surface area contributed by atoms with Gasteiger partial charge >= 0.3 is 17.9 Å². The fourth-order valence-corrected chi connectivity index (χ4v) is 0.606. The highest BCUT2D eigenvalue weighted by Crippen LogP contribution is 2.02. The summed E-state index contributed by atoms with van der Waals surface area (Å²) in [7, 11) is 0. The molecule has 19 heavy (non-hydrogen) atoms. The molecule has 0 aliphatic carbocycles.